The molecule has 1 aliphatic heterocycles. The van der Waals surface area contributed by atoms with E-state index in [9.17, 15) is 9.59 Å². The maximum atomic E-state index is 12.7. The summed E-state index contributed by atoms with van der Waals surface area (Å²) >= 11 is 1.68. The molecule has 0 saturated carbocycles. The van der Waals surface area contributed by atoms with Gasteiger partial charge in [-0.25, -0.2) is 4.98 Å². The molecule has 0 spiro atoms. The third-order valence-corrected chi connectivity index (χ3v) is 7.89. The van der Waals surface area contributed by atoms with Crippen molar-refractivity contribution in [1.29, 1.82) is 0 Å². The molecular weight excluding hydrogens is 422 g/mol. The molecule has 5 rings (SSSR count). The molecule has 0 radical (unpaired) electrons. The van der Waals surface area contributed by atoms with Crippen LogP contribution in [-0.2, 0) is 24.2 Å². The van der Waals surface area contributed by atoms with E-state index in [0.717, 1.165) is 72.7 Å². The number of amides is 1. The number of carbonyl (C=O) groups excluding carboxylic acids is 1. The van der Waals surface area contributed by atoms with E-state index in [0.29, 0.717) is 13.1 Å². The summed E-state index contributed by atoms with van der Waals surface area (Å²) in [4.78, 5) is 39.7. The zero-order chi connectivity index (χ0) is 22.2. The molecule has 168 valence electrons. The van der Waals surface area contributed by atoms with Crippen LogP contribution in [0.2, 0.25) is 0 Å². The SMILES string of the molecule is Cc1cccc(NC(=O)CN2CCN(Cc3nc4sc5c(c4c(=O)[nH]3)CCC5)CC2)c1C. The number of hydrogen-bond donors (Lipinski definition) is 2. The summed E-state index contributed by atoms with van der Waals surface area (Å²) in [5.74, 6) is 0.762. The standard InChI is InChI=1S/C24H29N5O2S/c1-15-5-3-7-18(16(15)2)25-21(30)14-29-11-9-28(10-12-29)13-20-26-23(31)22-17-6-4-8-19(17)32-24(22)27-20/h3,5,7H,4,6,8-14H2,1-2H3,(H,25,30)(H,26,27,31). The van der Waals surface area contributed by atoms with Gasteiger partial charge >= 0.3 is 0 Å². The Morgan fingerprint density at radius 2 is 1.94 bits per heavy atom. The average Bonchev–Trinajstić information content (AvgIpc) is 3.34. The molecule has 1 saturated heterocycles. The van der Waals surface area contributed by atoms with Crippen LogP contribution in [0.5, 0.6) is 0 Å². The number of aromatic nitrogens is 2. The topological polar surface area (TPSA) is 81.3 Å². The maximum absolute atomic E-state index is 12.7. The molecule has 0 bridgehead atoms. The third-order valence-electron chi connectivity index (χ3n) is 6.71. The van der Waals surface area contributed by atoms with Crippen molar-refractivity contribution in [2.24, 2.45) is 0 Å². The zero-order valence-electron chi connectivity index (χ0n) is 18.7. The van der Waals surface area contributed by atoms with Crippen LogP contribution < -0.4 is 10.9 Å². The molecule has 2 N–H and O–H groups in total. The van der Waals surface area contributed by atoms with E-state index in [-0.39, 0.29) is 11.5 Å². The van der Waals surface area contributed by atoms with Crippen molar-refractivity contribution in [3.05, 3.63) is 55.9 Å². The second-order valence-electron chi connectivity index (χ2n) is 8.90. The first kappa shape index (κ1) is 21.3. The number of aryl methyl sites for hydroxylation is 3. The Balaban J connectivity index is 1.16. The van der Waals surface area contributed by atoms with Gasteiger partial charge in [-0.1, -0.05) is 12.1 Å². The van der Waals surface area contributed by atoms with Crippen molar-refractivity contribution >= 4 is 33.1 Å². The van der Waals surface area contributed by atoms with Crippen LogP contribution in [0.15, 0.2) is 23.0 Å². The Labute approximate surface area is 191 Å². The average molecular weight is 452 g/mol. The Hall–Kier alpha value is -2.55. The Morgan fingerprint density at radius 1 is 1.16 bits per heavy atom. The molecule has 1 fully saturated rings. The number of benzene rings is 1. The molecule has 1 amide bonds. The summed E-state index contributed by atoms with van der Waals surface area (Å²) in [6.45, 7) is 8.44. The number of anilines is 1. The van der Waals surface area contributed by atoms with Gasteiger partial charge in [-0.15, -0.1) is 11.3 Å². The molecule has 2 aliphatic rings. The second kappa shape index (κ2) is 8.77. The number of hydrogen-bond acceptors (Lipinski definition) is 6. The lowest BCUT2D eigenvalue weighted by Gasteiger charge is -2.33. The van der Waals surface area contributed by atoms with E-state index in [1.54, 1.807) is 11.3 Å². The molecule has 7 nitrogen and oxygen atoms in total. The van der Waals surface area contributed by atoms with Crippen molar-refractivity contribution in [3.8, 4) is 0 Å². The van der Waals surface area contributed by atoms with E-state index in [4.69, 9.17) is 4.98 Å². The molecule has 3 heterocycles. The predicted octanol–water partition coefficient (Wildman–Crippen LogP) is 2.85. The lowest BCUT2D eigenvalue weighted by Crippen LogP contribution is -2.48. The van der Waals surface area contributed by atoms with Crippen LogP contribution in [0.3, 0.4) is 0 Å². The monoisotopic (exact) mass is 451 g/mol. The fourth-order valence-electron chi connectivity index (χ4n) is 4.72. The highest BCUT2D eigenvalue weighted by molar-refractivity contribution is 7.18. The van der Waals surface area contributed by atoms with Crippen LogP contribution in [-0.4, -0.2) is 58.4 Å². The highest BCUT2D eigenvalue weighted by atomic mass is 32.1. The molecular formula is C24H29N5O2S. The van der Waals surface area contributed by atoms with Gasteiger partial charge < -0.3 is 10.3 Å². The summed E-state index contributed by atoms with van der Waals surface area (Å²) in [5.41, 5.74) is 4.40. The van der Waals surface area contributed by atoms with Gasteiger partial charge in [0.2, 0.25) is 5.91 Å². The molecule has 3 aromatic rings. The highest BCUT2D eigenvalue weighted by Gasteiger charge is 2.23. The largest absolute Gasteiger partial charge is 0.325 e. The van der Waals surface area contributed by atoms with Gasteiger partial charge in [0.1, 0.15) is 10.7 Å². The molecule has 1 aromatic carbocycles. The first-order chi connectivity index (χ1) is 15.5. The minimum atomic E-state index is 0.00569. The normalized spacial score (nSPS) is 17.1. The molecule has 32 heavy (non-hydrogen) atoms. The van der Waals surface area contributed by atoms with E-state index < -0.39 is 0 Å². The number of H-pyrrole nitrogens is 1. The van der Waals surface area contributed by atoms with Crippen molar-refractivity contribution in [2.75, 3.05) is 38.0 Å². The van der Waals surface area contributed by atoms with Crippen molar-refractivity contribution in [1.82, 2.24) is 19.8 Å². The summed E-state index contributed by atoms with van der Waals surface area (Å²) in [6.07, 6.45) is 3.22. The summed E-state index contributed by atoms with van der Waals surface area (Å²) < 4.78 is 0. The number of carbonyl (C=O) groups is 1. The Morgan fingerprint density at radius 3 is 2.75 bits per heavy atom. The summed E-state index contributed by atoms with van der Waals surface area (Å²) in [7, 11) is 0. The lowest BCUT2D eigenvalue weighted by molar-refractivity contribution is -0.117. The number of thiophene rings is 1. The first-order valence-corrected chi connectivity index (χ1v) is 12.1. The quantitative estimate of drug-likeness (QED) is 0.624. The van der Waals surface area contributed by atoms with E-state index in [1.807, 2.05) is 19.1 Å². The van der Waals surface area contributed by atoms with Crippen LogP contribution >= 0.6 is 11.3 Å². The van der Waals surface area contributed by atoms with Gasteiger partial charge in [0.05, 0.1) is 18.5 Å². The van der Waals surface area contributed by atoms with Crippen LogP contribution in [0.25, 0.3) is 10.2 Å². The second-order valence-corrected chi connectivity index (χ2v) is 9.98. The van der Waals surface area contributed by atoms with Crippen LogP contribution in [0.4, 0.5) is 5.69 Å². The zero-order valence-corrected chi connectivity index (χ0v) is 19.5. The number of nitrogens with zero attached hydrogens (tertiary/aromatic N) is 3. The molecule has 1 aliphatic carbocycles. The van der Waals surface area contributed by atoms with Gasteiger partial charge in [0, 0.05) is 36.7 Å². The number of nitrogens with one attached hydrogen (secondary N) is 2. The van der Waals surface area contributed by atoms with E-state index in [2.05, 4.69) is 33.1 Å². The smallest absolute Gasteiger partial charge is 0.259 e. The summed E-state index contributed by atoms with van der Waals surface area (Å²) in [5, 5.41) is 3.86. The van der Waals surface area contributed by atoms with Gasteiger partial charge in [-0.3, -0.25) is 19.4 Å². The fraction of sp³-hybridized carbons (Fsp3) is 0.458. The number of fused-ring (bicyclic) bond motifs is 3. The molecule has 2 aromatic heterocycles. The van der Waals surface area contributed by atoms with E-state index in [1.165, 1.54) is 16.0 Å². The third kappa shape index (κ3) is 4.22. The van der Waals surface area contributed by atoms with Gasteiger partial charge in [-0.05, 0) is 55.9 Å². The van der Waals surface area contributed by atoms with Gasteiger partial charge in [-0.2, -0.15) is 0 Å². The Kier molecular flexibility index (Phi) is 5.84. The summed E-state index contributed by atoms with van der Waals surface area (Å²) in [6, 6.07) is 5.97. The number of aromatic amines is 1. The predicted molar refractivity (Wildman–Crippen MR) is 129 cm³/mol. The highest BCUT2D eigenvalue weighted by Crippen LogP contribution is 2.34. The van der Waals surface area contributed by atoms with Crippen molar-refractivity contribution < 1.29 is 4.79 Å². The van der Waals surface area contributed by atoms with Gasteiger partial charge in [0.15, 0.2) is 0 Å². The lowest BCUT2D eigenvalue weighted by atomic mass is 10.1. The first-order valence-electron chi connectivity index (χ1n) is 11.3. The maximum Gasteiger partial charge on any atom is 0.259 e. The van der Waals surface area contributed by atoms with Crippen LogP contribution in [0, 0.1) is 13.8 Å². The Bertz CT molecular complexity index is 1220. The molecule has 8 heteroatoms. The number of rotatable bonds is 5. The molecule has 0 unspecified atom stereocenters. The van der Waals surface area contributed by atoms with Gasteiger partial charge in [0.25, 0.3) is 5.56 Å². The van der Waals surface area contributed by atoms with Crippen LogP contribution in [0.1, 0.15) is 33.8 Å². The van der Waals surface area contributed by atoms with E-state index >= 15 is 0 Å². The minimum absolute atomic E-state index is 0.00569. The van der Waals surface area contributed by atoms with Crippen molar-refractivity contribution in [2.45, 2.75) is 39.7 Å². The minimum Gasteiger partial charge on any atom is -0.325 e. The number of piperazine rings is 1. The molecule has 0 atom stereocenters. The fourth-order valence-corrected chi connectivity index (χ4v) is 6.00. The van der Waals surface area contributed by atoms with Crippen molar-refractivity contribution in [3.63, 3.8) is 0 Å².